The van der Waals surface area contributed by atoms with Crippen LogP contribution in [0.1, 0.15) is 151 Å². The number of nitrogens with one attached hydrogen (secondary N) is 2. The van der Waals surface area contributed by atoms with Gasteiger partial charge in [-0.25, -0.2) is 14.6 Å². The van der Waals surface area contributed by atoms with Gasteiger partial charge in [0.1, 0.15) is 40.6 Å². The lowest BCUT2D eigenvalue weighted by Crippen LogP contribution is -2.81. The number of phenols is 2. The number of hydrogen-bond acceptors (Lipinski definition) is 26. The molecule has 15 rings (SSSR count). The summed E-state index contributed by atoms with van der Waals surface area (Å²) in [5.41, 5.74) is -0.955. The number of halogens is 2. The van der Waals surface area contributed by atoms with E-state index in [-0.39, 0.29) is 52.5 Å². The number of nitrogens with zero attached hydrogens (tertiary/aromatic N) is 4. The van der Waals surface area contributed by atoms with E-state index in [1.165, 1.54) is 58.5 Å². The summed E-state index contributed by atoms with van der Waals surface area (Å²) in [4.78, 5) is 106. The Bertz CT molecular complexity index is 4640. The molecule has 3 aliphatic carbocycles. The molecule has 2 unspecified atom stereocenters. The molecule has 2 bridgehead atoms. The van der Waals surface area contributed by atoms with Crippen molar-refractivity contribution in [3.8, 4) is 23.0 Å². The van der Waals surface area contributed by atoms with Crippen molar-refractivity contribution in [1.82, 2.24) is 24.5 Å². The van der Waals surface area contributed by atoms with Gasteiger partial charge in [-0.3, -0.25) is 43.1 Å². The number of carbonyl (C=O) groups excluding carboxylic acids is 7. The number of aromatic amines is 1. The average molecular weight is 1630 g/mol. The lowest BCUT2D eigenvalue weighted by Gasteiger charge is -2.63. The summed E-state index contributed by atoms with van der Waals surface area (Å²) in [6, 6.07) is 13.7. The number of ether oxygens (including phenoxy) is 7. The number of aromatic nitrogens is 1. The number of ketones is 3. The number of piperidine rings is 1. The van der Waals surface area contributed by atoms with Gasteiger partial charge in [0.15, 0.2) is 24.0 Å². The molecule has 113 heavy (non-hydrogen) atoms. The topological polar surface area (TPSA) is 419 Å². The fraction of sp³-hybridized carbons (Fsp3) is 0.562. The number of phenolic OH excluding ortho intramolecular Hbond substituents is 2. The van der Waals surface area contributed by atoms with Crippen molar-refractivity contribution in [3.63, 3.8) is 0 Å². The molecule has 5 fully saturated rings. The van der Waals surface area contributed by atoms with Crippen molar-refractivity contribution >= 4 is 89.1 Å². The molecule has 33 heteroatoms. The molecule has 10 aliphatic rings. The van der Waals surface area contributed by atoms with Crippen molar-refractivity contribution in [1.29, 1.82) is 0 Å². The zero-order valence-electron chi connectivity index (χ0n) is 64.4. The van der Waals surface area contributed by atoms with Crippen molar-refractivity contribution in [2.24, 2.45) is 17.1 Å². The third-order valence-corrected chi connectivity index (χ3v) is 27.9. The maximum atomic E-state index is 15.2. The molecular formula is C80H100Cl2N7O23P. The van der Waals surface area contributed by atoms with Crippen molar-refractivity contribution < 1.29 is 112 Å². The van der Waals surface area contributed by atoms with Crippen LogP contribution in [0.5, 0.6) is 23.0 Å². The second kappa shape index (κ2) is 32.2. The quantitative estimate of drug-likeness (QED) is 0.00978. The van der Waals surface area contributed by atoms with Crippen LogP contribution >= 0.6 is 30.9 Å². The lowest BCUT2D eigenvalue weighted by molar-refractivity contribution is -0.247. The van der Waals surface area contributed by atoms with E-state index in [1.54, 1.807) is 11.6 Å². The first kappa shape index (κ1) is 83.5. The third kappa shape index (κ3) is 13.5. The number of nitrogens with two attached hydrogens (primary N) is 1. The number of amides is 1. The number of para-hydroxylation sites is 1. The standard InChI is InChI=1S/C46H56N4O10.C27H29NO11.C7H15Cl2N2O2P/c1-7-42(55)22-28-23-45(40(53)58-5,36-30(16-20-48(24-28)25-42)29-12-9-10-13-33(29)47-36)32-15-14-31-34(35(32)57-4)50(26-51)38-44(31)18-21-49-19-11-17-43(8-2,37(44)49)39(60-27(3)52)46(38,56)41(54)59-6;1-10-22(31)13(28)6-17(38-10)39-15-8-27(36,16(30)9-29)7-12-19(15)26(35)21-20(24(12)33)23(32)11-4-3-5-14(37-2)18(11)25(21)34;8-2-5-11(6-3-9)14(12)10-4-1-7-13-14/h9-15,17,26,28,37-39,47,55-56H,7-8,16,18-25H2,1-6H3;3-5,10,13,15,17,22,29,31,33,35-36H,6-9,28H2,1-2H3;1-7H2,(H,10,12)/t28-,37-,38+,39+,42-,43+,44+,45-,46-;10-,13-,15-,17-,22+,27-;/m00./s1. The van der Waals surface area contributed by atoms with Crippen LogP contribution in [-0.4, -0.2) is 262 Å². The van der Waals surface area contributed by atoms with Gasteiger partial charge in [-0.2, -0.15) is 0 Å². The average Bonchev–Trinajstić information content (AvgIpc) is 1.48. The van der Waals surface area contributed by atoms with E-state index in [9.17, 15) is 69.1 Å². The van der Waals surface area contributed by atoms with Gasteiger partial charge in [-0.05, 0) is 87.6 Å². The van der Waals surface area contributed by atoms with Gasteiger partial charge in [0.2, 0.25) is 17.8 Å². The van der Waals surface area contributed by atoms with Crippen LogP contribution in [0.3, 0.4) is 0 Å². The Balaban J connectivity index is 0.000000179. The van der Waals surface area contributed by atoms with E-state index < -0.39 is 167 Å². The molecule has 4 aromatic carbocycles. The lowest BCUT2D eigenvalue weighted by atomic mass is 9.47. The molecule has 4 saturated heterocycles. The second-order valence-corrected chi connectivity index (χ2v) is 34.1. The van der Waals surface area contributed by atoms with Gasteiger partial charge in [-0.15, -0.1) is 23.2 Å². The number of methoxy groups -OCH3 is 4. The van der Waals surface area contributed by atoms with E-state index in [1.807, 2.05) is 62.4 Å². The second-order valence-electron chi connectivity index (χ2n) is 31.2. The Labute approximate surface area is 663 Å². The highest BCUT2D eigenvalue weighted by atomic mass is 35.5. The minimum atomic E-state index is -2.84. The van der Waals surface area contributed by atoms with Crippen LogP contribution in [0.4, 0.5) is 5.69 Å². The first-order chi connectivity index (χ1) is 53.9. The summed E-state index contributed by atoms with van der Waals surface area (Å²) >= 11 is 11.2. The molecule has 0 radical (unpaired) electrons. The van der Waals surface area contributed by atoms with E-state index in [0.29, 0.717) is 125 Å². The van der Waals surface area contributed by atoms with Crippen LogP contribution < -0.4 is 25.2 Å². The molecule has 1 spiro atoms. The maximum absolute atomic E-state index is 15.2. The summed E-state index contributed by atoms with van der Waals surface area (Å²) < 4.78 is 60.0. The molecular weight excluding hydrogens is 1530 g/mol. The Morgan fingerprint density at radius 3 is 2.21 bits per heavy atom. The smallest absolute Gasteiger partial charge is 0.344 e. The Morgan fingerprint density at radius 1 is 0.858 bits per heavy atom. The minimum absolute atomic E-state index is 0.0173. The number of aliphatic hydroxyl groups is 5. The number of aromatic hydroxyl groups is 2. The van der Waals surface area contributed by atoms with Gasteiger partial charge in [0.05, 0.1) is 87.4 Å². The highest BCUT2D eigenvalue weighted by Gasteiger charge is 2.81. The Hall–Kier alpha value is -7.46. The molecule has 30 nitrogen and oxygen atoms in total. The molecule has 1 amide bonds. The van der Waals surface area contributed by atoms with Crippen LogP contribution in [0, 0.1) is 11.3 Å². The van der Waals surface area contributed by atoms with Crippen molar-refractivity contribution in [2.45, 2.75) is 168 Å². The van der Waals surface area contributed by atoms with E-state index in [2.05, 4.69) is 19.9 Å². The molecule has 7 aliphatic heterocycles. The van der Waals surface area contributed by atoms with Crippen LogP contribution in [0.15, 0.2) is 66.7 Å². The fourth-order valence-corrected chi connectivity index (χ4v) is 23.1. The number of aliphatic hydroxyl groups excluding tert-OH is 2. The third-order valence-electron chi connectivity index (χ3n) is 25.3. The predicted octanol–water partition coefficient (Wildman–Crippen LogP) is 5.40. The maximum Gasteiger partial charge on any atom is 0.344 e. The number of fused-ring (bicyclic) bond motifs is 9. The Kier molecular flexibility index (Phi) is 23.8. The molecule has 1 saturated carbocycles. The zero-order valence-corrected chi connectivity index (χ0v) is 66.8. The summed E-state index contributed by atoms with van der Waals surface area (Å²) in [7, 11) is 2.53. The largest absolute Gasteiger partial charge is 0.507 e. The predicted molar refractivity (Wildman–Crippen MR) is 412 cm³/mol. The molecule has 1 aromatic heterocycles. The molecule has 11 N–H and O–H groups in total. The summed E-state index contributed by atoms with van der Waals surface area (Å²) in [5, 5.41) is 82.8. The first-order valence-electron chi connectivity index (χ1n) is 38.3. The molecule has 17 atom stereocenters. The SMILES string of the molecule is CC[C@]1(O)C[C@@H]2CN(CCc3c([nH]c4ccccc34)[C@@](C(=O)OC)(c3ccc4c(c3OC)N(C=O)[C@H]3[C@@](O)(C(=O)OC)[C@H](OC(C)=O)[C@]5(CC)C=CCN6CC[C@]43[C@@H]65)C2)C1.COc1cccc2c1C(=O)c1c(O)c3c(c(O)c1C2=O)C[C@@](O)(C(=O)CO)C[C@@H]3O[C@H]1C[C@H](N)[C@H](O)[C@H](C)O1.O=P1(N(CCCl)CCCl)NCCCO1. The van der Waals surface area contributed by atoms with Crippen molar-refractivity contribution in [3.05, 3.63) is 123 Å². The van der Waals surface area contributed by atoms with E-state index >= 15 is 4.79 Å². The van der Waals surface area contributed by atoms with Gasteiger partial charge in [0, 0.05) is 146 Å². The summed E-state index contributed by atoms with van der Waals surface area (Å²) in [5.74, 6) is -5.13. The minimum Gasteiger partial charge on any atom is -0.507 e. The number of alkyl halides is 2. The van der Waals surface area contributed by atoms with Gasteiger partial charge < -0.3 is 89.0 Å². The van der Waals surface area contributed by atoms with E-state index in [4.69, 9.17) is 66.6 Å². The van der Waals surface area contributed by atoms with Crippen molar-refractivity contribution in [2.75, 3.05) is 111 Å². The number of Topliss-reactive ketones (excluding diaryl/α,β-unsaturated/α-hetero) is 1. The van der Waals surface area contributed by atoms with Crippen LogP contribution in [0.25, 0.3) is 10.9 Å². The van der Waals surface area contributed by atoms with Gasteiger partial charge >= 0.3 is 25.6 Å². The number of anilines is 1. The van der Waals surface area contributed by atoms with E-state index in [0.717, 1.165) is 29.4 Å². The number of esters is 3. The number of benzene rings is 4. The first-order valence-corrected chi connectivity index (χ1v) is 40.9. The zero-order chi connectivity index (χ0) is 81.4. The summed E-state index contributed by atoms with van der Waals surface area (Å²) in [6.45, 7) is 11.0. The molecule has 5 aromatic rings. The van der Waals surface area contributed by atoms with Gasteiger partial charge in [-0.1, -0.05) is 68.5 Å². The molecule has 612 valence electrons. The van der Waals surface area contributed by atoms with Gasteiger partial charge in [0.25, 0.3) is 0 Å². The molecule has 8 heterocycles. The highest BCUT2D eigenvalue weighted by molar-refractivity contribution is 7.54. The van der Waals surface area contributed by atoms with Crippen LogP contribution in [0.2, 0.25) is 0 Å². The Morgan fingerprint density at radius 2 is 1.58 bits per heavy atom. The summed E-state index contributed by atoms with van der Waals surface area (Å²) in [6.07, 6.45) is 1.56. The monoisotopic (exact) mass is 1630 g/mol. The number of H-pyrrole nitrogens is 1. The van der Waals surface area contributed by atoms with Crippen LogP contribution in [-0.2, 0) is 80.4 Å². The highest BCUT2D eigenvalue weighted by Crippen LogP contribution is 2.70. The number of hydrogen-bond donors (Lipinski definition) is 10. The normalized spacial score (nSPS) is 33.2. The number of carbonyl (C=O) groups is 7. The number of rotatable bonds is 18. The fourth-order valence-electron chi connectivity index (χ4n) is 20.5.